The van der Waals surface area contributed by atoms with Crippen LogP contribution in [0, 0.1) is 5.82 Å². The fourth-order valence-corrected chi connectivity index (χ4v) is 1.81. The number of nitrogens with one attached hydrogen (secondary N) is 1. The summed E-state index contributed by atoms with van der Waals surface area (Å²) in [7, 11) is 3.64. The minimum Gasteiger partial charge on any atom is -0.377 e. The highest BCUT2D eigenvalue weighted by atomic mass is 79.9. The number of nitrogens with zero attached hydrogens (tertiary/aromatic N) is 2. The second-order valence-corrected chi connectivity index (χ2v) is 4.74. The van der Waals surface area contributed by atoms with Crippen LogP contribution in [0.3, 0.4) is 0 Å². The lowest BCUT2D eigenvalue weighted by Gasteiger charge is -2.16. The van der Waals surface area contributed by atoms with Crippen LogP contribution in [0.25, 0.3) is 0 Å². The molecule has 0 bridgehead atoms. The van der Waals surface area contributed by atoms with E-state index in [4.69, 9.17) is 5.73 Å². The van der Waals surface area contributed by atoms with E-state index in [1.54, 1.807) is 4.90 Å². The molecule has 0 heterocycles. The van der Waals surface area contributed by atoms with Crippen LogP contribution in [0.15, 0.2) is 21.7 Å². The van der Waals surface area contributed by atoms with E-state index in [1.807, 2.05) is 14.1 Å². The Morgan fingerprint density at radius 2 is 2.24 bits per heavy atom. The fraction of sp³-hybridized carbons (Fsp3) is 0.200. The summed E-state index contributed by atoms with van der Waals surface area (Å²) in [5.41, 5.74) is 9.12. The van der Waals surface area contributed by atoms with Crippen LogP contribution in [0.2, 0.25) is 0 Å². The molecule has 1 aromatic rings. The van der Waals surface area contributed by atoms with Gasteiger partial charge < -0.3 is 10.6 Å². The molecule has 92 valence electrons. The van der Waals surface area contributed by atoms with Crippen LogP contribution < -0.4 is 16.1 Å². The topological polar surface area (TPSA) is 53.6 Å². The first-order valence-corrected chi connectivity index (χ1v) is 5.87. The molecule has 0 aliphatic carbocycles. The molecule has 17 heavy (non-hydrogen) atoms. The van der Waals surface area contributed by atoms with Gasteiger partial charge in [-0.25, -0.2) is 4.39 Å². The zero-order valence-corrected chi connectivity index (χ0v) is 11.8. The molecule has 0 atom stereocenters. The van der Waals surface area contributed by atoms with Gasteiger partial charge in [-0.3, -0.25) is 5.43 Å². The van der Waals surface area contributed by atoms with Crippen LogP contribution in [-0.4, -0.2) is 25.4 Å². The van der Waals surface area contributed by atoms with E-state index in [0.717, 1.165) is 5.56 Å². The lowest BCUT2D eigenvalue weighted by Crippen LogP contribution is -2.24. The maximum atomic E-state index is 13.3. The minimum atomic E-state index is -0.319. The normalized spacial score (nSPS) is 10.6. The lowest BCUT2D eigenvalue weighted by atomic mass is 10.2. The third-order valence-electron chi connectivity index (χ3n) is 1.92. The van der Waals surface area contributed by atoms with Gasteiger partial charge in [-0.1, -0.05) is 0 Å². The van der Waals surface area contributed by atoms with E-state index in [9.17, 15) is 4.39 Å². The summed E-state index contributed by atoms with van der Waals surface area (Å²) in [5.74, 6) is -0.319. The number of nitrogens with two attached hydrogens (primary N) is 1. The molecule has 0 unspecified atom stereocenters. The van der Waals surface area contributed by atoms with Gasteiger partial charge in [0.15, 0.2) is 5.11 Å². The molecule has 0 saturated heterocycles. The minimum absolute atomic E-state index is 0.0749. The Morgan fingerprint density at radius 1 is 1.59 bits per heavy atom. The Labute approximate surface area is 113 Å². The lowest BCUT2D eigenvalue weighted by molar-refractivity contribution is 0.626. The van der Waals surface area contributed by atoms with E-state index >= 15 is 0 Å². The molecule has 1 aromatic carbocycles. The molecule has 3 N–H and O–H groups in total. The van der Waals surface area contributed by atoms with E-state index < -0.39 is 0 Å². The number of hydrazone groups is 1. The predicted molar refractivity (Wildman–Crippen MR) is 75.9 cm³/mol. The zero-order chi connectivity index (χ0) is 13.0. The Hall–Kier alpha value is -1.21. The summed E-state index contributed by atoms with van der Waals surface area (Å²) >= 11 is 7.90. The maximum Gasteiger partial charge on any atom is 0.184 e. The first-order valence-electron chi connectivity index (χ1n) is 4.66. The maximum absolute atomic E-state index is 13.3. The van der Waals surface area contributed by atoms with Crippen LogP contribution >= 0.6 is 28.1 Å². The van der Waals surface area contributed by atoms with Crippen LogP contribution in [-0.2, 0) is 0 Å². The van der Waals surface area contributed by atoms with Crippen molar-refractivity contribution in [2.75, 3.05) is 19.0 Å². The average Bonchev–Trinajstić information content (AvgIpc) is 2.19. The van der Waals surface area contributed by atoms with E-state index in [0.29, 0.717) is 10.2 Å². The summed E-state index contributed by atoms with van der Waals surface area (Å²) in [6.07, 6.45) is 1.53. The van der Waals surface area contributed by atoms with E-state index in [1.165, 1.54) is 18.3 Å². The monoisotopic (exact) mass is 318 g/mol. The third kappa shape index (κ3) is 3.94. The molecule has 1 rings (SSSR count). The Morgan fingerprint density at radius 3 is 2.76 bits per heavy atom. The Bertz CT molecular complexity index is 462. The van der Waals surface area contributed by atoms with Crippen molar-refractivity contribution in [1.29, 1.82) is 0 Å². The highest BCUT2D eigenvalue weighted by molar-refractivity contribution is 9.10. The molecule has 0 saturated carbocycles. The molecular weight excluding hydrogens is 307 g/mol. The van der Waals surface area contributed by atoms with Crippen LogP contribution in [0.5, 0.6) is 0 Å². The number of hydrogen-bond donors (Lipinski definition) is 2. The van der Waals surface area contributed by atoms with Crippen LogP contribution in [0.1, 0.15) is 5.56 Å². The number of thiocarbonyl (C=S) groups is 1. The van der Waals surface area contributed by atoms with Crippen molar-refractivity contribution in [3.63, 3.8) is 0 Å². The van der Waals surface area contributed by atoms with Gasteiger partial charge in [0, 0.05) is 29.8 Å². The molecule has 0 fully saturated rings. The Kier molecular flexibility index (Phi) is 4.83. The van der Waals surface area contributed by atoms with Crippen molar-refractivity contribution in [3.05, 3.63) is 28.0 Å². The highest BCUT2D eigenvalue weighted by Gasteiger charge is 2.09. The molecule has 0 spiro atoms. The number of hydrogen-bond acceptors (Lipinski definition) is 3. The van der Waals surface area contributed by atoms with E-state index in [2.05, 4.69) is 38.7 Å². The molecule has 7 heteroatoms. The number of benzene rings is 1. The van der Waals surface area contributed by atoms with Gasteiger partial charge in [-0.05, 0) is 40.3 Å². The first kappa shape index (κ1) is 13.9. The van der Waals surface area contributed by atoms with Gasteiger partial charge >= 0.3 is 0 Å². The molecule has 0 amide bonds. The summed E-state index contributed by atoms with van der Waals surface area (Å²) in [5, 5.41) is 3.93. The zero-order valence-electron chi connectivity index (χ0n) is 9.37. The van der Waals surface area contributed by atoms with Gasteiger partial charge in [-0.2, -0.15) is 5.10 Å². The predicted octanol–water partition coefficient (Wildman–Crippen LogP) is 1.82. The Balaban J connectivity index is 3.12. The molecule has 4 nitrogen and oxygen atoms in total. The van der Waals surface area contributed by atoms with Crippen molar-refractivity contribution in [2.24, 2.45) is 10.8 Å². The highest BCUT2D eigenvalue weighted by Crippen LogP contribution is 2.26. The summed E-state index contributed by atoms with van der Waals surface area (Å²) in [6.45, 7) is 0. The molecule has 0 aromatic heterocycles. The van der Waals surface area contributed by atoms with Gasteiger partial charge in [0.2, 0.25) is 0 Å². The van der Waals surface area contributed by atoms with Crippen molar-refractivity contribution in [1.82, 2.24) is 5.43 Å². The second-order valence-electron chi connectivity index (χ2n) is 3.45. The van der Waals surface area contributed by atoms with Gasteiger partial charge in [0.05, 0.1) is 6.21 Å². The van der Waals surface area contributed by atoms with Crippen molar-refractivity contribution >= 4 is 45.2 Å². The standard InChI is InChI=1S/C10H12BrFN4S/c1-16(2)9-4-6(12)3-8(11)7(9)5-14-15-10(13)17/h3-5H,1-2H3,(H3,13,15,17). The average molecular weight is 319 g/mol. The molecular formula is C10H12BrFN4S. The molecule has 0 aliphatic rings. The number of anilines is 1. The fourth-order valence-electron chi connectivity index (χ4n) is 1.23. The largest absolute Gasteiger partial charge is 0.377 e. The molecule has 0 radical (unpaired) electrons. The molecule has 0 aliphatic heterocycles. The summed E-state index contributed by atoms with van der Waals surface area (Å²) in [6, 6.07) is 2.79. The van der Waals surface area contributed by atoms with Crippen molar-refractivity contribution < 1.29 is 4.39 Å². The SMILES string of the molecule is CN(C)c1cc(F)cc(Br)c1C=NNC(N)=S. The number of halogens is 2. The third-order valence-corrected chi connectivity index (χ3v) is 2.67. The smallest absolute Gasteiger partial charge is 0.184 e. The second kappa shape index (κ2) is 5.92. The first-order chi connectivity index (χ1) is 7.91. The van der Waals surface area contributed by atoms with Gasteiger partial charge in [-0.15, -0.1) is 0 Å². The summed E-state index contributed by atoms with van der Waals surface area (Å²) in [4.78, 5) is 1.79. The van der Waals surface area contributed by atoms with E-state index in [-0.39, 0.29) is 10.9 Å². The van der Waals surface area contributed by atoms with Crippen LogP contribution in [0.4, 0.5) is 10.1 Å². The van der Waals surface area contributed by atoms with Crippen molar-refractivity contribution in [2.45, 2.75) is 0 Å². The number of rotatable bonds is 3. The van der Waals surface area contributed by atoms with Gasteiger partial charge in [0.1, 0.15) is 5.82 Å². The van der Waals surface area contributed by atoms with Gasteiger partial charge in [0.25, 0.3) is 0 Å². The quantitative estimate of drug-likeness (QED) is 0.507. The van der Waals surface area contributed by atoms with Crippen molar-refractivity contribution in [3.8, 4) is 0 Å². The summed E-state index contributed by atoms with van der Waals surface area (Å²) < 4.78 is 13.9.